The molecule has 1 aromatic carbocycles. The number of halogens is 3. The Labute approximate surface area is 125 Å². The van der Waals surface area contributed by atoms with Crippen molar-refractivity contribution >= 4 is 21.8 Å². The van der Waals surface area contributed by atoms with Crippen LogP contribution in [0.1, 0.15) is 23.2 Å². The second-order valence-corrected chi connectivity index (χ2v) is 5.58. The van der Waals surface area contributed by atoms with Crippen molar-refractivity contribution in [1.82, 2.24) is 4.90 Å². The third-order valence-electron chi connectivity index (χ3n) is 3.40. The van der Waals surface area contributed by atoms with Crippen molar-refractivity contribution in [1.29, 1.82) is 0 Å². The van der Waals surface area contributed by atoms with E-state index in [9.17, 15) is 13.6 Å². The summed E-state index contributed by atoms with van der Waals surface area (Å²) in [7, 11) is 0. The summed E-state index contributed by atoms with van der Waals surface area (Å²) < 4.78 is 28.7. The Morgan fingerprint density at radius 3 is 3.00 bits per heavy atom. The first-order valence-electron chi connectivity index (χ1n) is 6.50. The number of ether oxygens (including phenoxy) is 1. The van der Waals surface area contributed by atoms with Gasteiger partial charge in [0.15, 0.2) is 0 Å². The third-order valence-corrected chi connectivity index (χ3v) is 3.85. The van der Waals surface area contributed by atoms with Gasteiger partial charge >= 0.3 is 6.61 Å². The lowest BCUT2D eigenvalue weighted by Crippen LogP contribution is -2.28. The summed E-state index contributed by atoms with van der Waals surface area (Å²) in [4.78, 5) is 14.1. The number of carbonyl (C=O) groups excluding carboxylic acids is 1. The van der Waals surface area contributed by atoms with Crippen LogP contribution < -0.4 is 4.74 Å². The molecule has 1 fully saturated rings. The SMILES string of the molecule is O=C(c1cccc(OC(F)F)c1)N1CCC(CCBr)C1. The van der Waals surface area contributed by atoms with Crippen LogP contribution in [0.5, 0.6) is 5.75 Å². The van der Waals surface area contributed by atoms with Crippen LogP contribution in [0, 0.1) is 5.92 Å². The Hall–Kier alpha value is -1.17. The van der Waals surface area contributed by atoms with E-state index in [1.165, 1.54) is 12.1 Å². The van der Waals surface area contributed by atoms with Crippen LogP contribution >= 0.6 is 15.9 Å². The summed E-state index contributed by atoms with van der Waals surface area (Å²) >= 11 is 3.40. The largest absolute Gasteiger partial charge is 0.435 e. The monoisotopic (exact) mass is 347 g/mol. The second kappa shape index (κ2) is 7.02. The average molecular weight is 348 g/mol. The molecule has 1 aliphatic heterocycles. The highest BCUT2D eigenvalue weighted by atomic mass is 79.9. The molecule has 1 atom stereocenters. The number of hydrogen-bond donors (Lipinski definition) is 0. The zero-order valence-electron chi connectivity index (χ0n) is 10.9. The minimum Gasteiger partial charge on any atom is -0.435 e. The number of carbonyl (C=O) groups is 1. The van der Waals surface area contributed by atoms with E-state index in [0.717, 1.165) is 31.3 Å². The first-order chi connectivity index (χ1) is 9.60. The van der Waals surface area contributed by atoms with E-state index < -0.39 is 6.61 Å². The van der Waals surface area contributed by atoms with Crippen molar-refractivity contribution in [2.24, 2.45) is 5.92 Å². The van der Waals surface area contributed by atoms with Crippen molar-refractivity contribution in [3.63, 3.8) is 0 Å². The van der Waals surface area contributed by atoms with Crippen molar-refractivity contribution < 1.29 is 18.3 Å². The first kappa shape index (κ1) is 15.2. The van der Waals surface area contributed by atoms with Crippen LogP contribution in [0.2, 0.25) is 0 Å². The van der Waals surface area contributed by atoms with Gasteiger partial charge in [0.2, 0.25) is 0 Å². The van der Waals surface area contributed by atoms with Crippen molar-refractivity contribution in [3.05, 3.63) is 29.8 Å². The molecule has 110 valence electrons. The number of amides is 1. The van der Waals surface area contributed by atoms with Crippen molar-refractivity contribution in [3.8, 4) is 5.75 Å². The van der Waals surface area contributed by atoms with Gasteiger partial charge in [-0.2, -0.15) is 8.78 Å². The highest BCUT2D eigenvalue weighted by Gasteiger charge is 2.26. The molecule has 0 bridgehead atoms. The molecule has 0 saturated carbocycles. The van der Waals surface area contributed by atoms with E-state index in [-0.39, 0.29) is 11.7 Å². The van der Waals surface area contributed by atoms with E-state index >= 15 is 0 Å². The quantitative estimate of drug-likeness (QED) is 0.762. The molecule has 1 aromatic rings. The van der Waals surface area contributed by atoms with Crippen LogP contribution in [0.3, 0.4) is 0 Å². The van der Waals surface area contributed by atoms with Crippen molar-refractivity contribution in [2.45, 2.75) is 19.5 Å². The summed E-state index contributed by atoms with van der Waals surface area (Å²) in [6, 6.07) is 5.96. The molecule has 1 heterocycles. The lowest BCUT2D eigenvalue weighted by atomic mass is 10.1. The predicted octanol–water partition coefficient (Wildman–Crippen LogP) is 3.54. The lowest BCUT2D eigenvalue weighted by molar-refractivity contribution is -0.0499. The highest BCUT2D eigenvalue weighted by molar-refractivity contribution is 9.09. The molecule has 0 radical (unpaired) electrons. The Balaban J connectivity index is 2.02. The smallest absolute Gasteiger partial charge is 0.387 e. The number of rotatable bonds is 5. The molecule has 1 amide bonds. The van der Waals surface area contributed by atoms with Crippen LogP contribution in [-0.2, 0) is 0 Å². The molecule has 6 heteroatoms. The summed E-state index contributed by atoms with van der Waals surface area (Å²) in [5, 5.41) is 0.928. The van der Waals surface area contributed by atoms with E-state index in [1.54, 1.807) is 17.0 Å². The Morgan fingerprint density at radius 2 is 2.30 bits per heavy atom. The van der Waals surface area contributed by atoms with Crippen molar-refractivity contribution in [2.75, 3.05) is 18.4 Å². The van der Waals surface area contributed by atoms with Crippen LogP contribution in [0.25, 0.3) is 0 Å². The topological polar surface area (TPSA) is 29.5 Å². The maximum absolute atomic E-state index is 12.3. The maximum atomic E-state index is 12.3. The maximum Gasteiger partial charge on any atom is 0.387 e. The van der Waals surface area contributed by atoms with E-state index in [1.807, 2.05) is 0 Å². The van der Waals surface area contributed by atoms with Gasteiger partial charge in [0.25, 0.3) is 5.91 Å². The minimum atomic E-state index is -2.88. The molecule has 1 saturated heterocycles. The minimum absolute atomic E-state index is 0.0158. The average Bonchev–Trinajstić information content (AvgIpc) is 2.86. The van der Waals surface area contributed by atoms with Crippen LogP contribution in [0.4, 0.5) is 8.78 Å². The van der Waals surface area contributed by atoms with Gasteiger partial charge in [0, 0.05) is 24.0 Å². The Bertz CT molecular complexity index is 470. The van der Waals surface area contributed by atoms with E-state index in [0.29, 0.717) is 11.5 Å². The van der Waals surface area contributed by atoms with Gasteiger partial charge in [-0.05, 0) is 37.0 Å². The van der Waals surface area contributed by atoms with Gasteiger partial charge in [-0.3, -0.25) is 4.79 Å². The molecule has 2 rings (SSSR count). The predicted molar refractivity (Wildman–Crippen MR) is 75.5 cm³/mol. The molecule has 0 aromatic heterocycles. The lowest BCUT2D eigenvalue weighted by Gasteiger charge is -2.17. The Kier molecular flexibility index (Phi) is 5.34. The standard InChI is InChI=1S/C14H16BrF2NO2/c15-6-4-10-5-7-18(9-10)13(19)11-2-1-3-12(8-11)20-14(16)17/h1-3,8,10,14H,4-7,9H2. The third kappa shape index (κ3) is 3.91. The van der Waals surface area contributed by atoms with E-state index in [2.05, 4.69) is 20.7 Å². The number of hydrogen-bond acceptors (Lipinski definition) is 2. The summed E-state index contributed by atoms with van der Waals surface area (Å²) in [6.07, 6.45) is 2.03. The highest BCUT2D eigenvalue weighted by Crippen LogP contribution is 2.23. The fourth-order valence-electron chi connectivity index (χ4n) is 2.39. The zero-order chi connectivity index (χ0) is 14.5. The molecule has 0 spiro atoms. The first-order valence-corrected chi connectivity index (χ1v) is 7.62. The van der Waals surface area contributed by atoms with Gasteiger partial charge in [-0.25, -0.2) is 0 Å². The summed E-state index contributed by atoms with van der Waals surface area (Å²) in [6.45, 7) is -1.43. The van der Waals surface area contributed by atoms with E-state index in [4.69, 9.17) is 0 Å². The molecule has 0 N–H and O–H groups in total. The number of alkyl halides is 3. The fourth-order valence-corrected chi connectivity index (χ4v) is 3.04. The summed E-state index contributed by atoms with van der Waals surface area (Å²) in [5.41, 5.74) is 0.391. The molecule has 0 aliphatic carbocycles. The molecule has 3 nitrogen and oxygen atoms in total. The van der Waals surface area contributed by atoms with Gasteiger partial charge in [0.1, 0.15) is 5.75 Å². The number of benzene rings is 1. The molecule has 20 heavy (non-hydrogen) atoms. The molecule has 1 aliphatic rings. The normalized spacial score (nSPS) is 18.6. The zero-order valence-corrected chi connectivity index (χ0v) is 12.5. The second-order valence-electron chi connectivity index (χ2n) is 4.79. The summed E-state index contributed by atoms with van der Waals surface area (Å²) in [5.74, 6) is 0.405. The van der Waals surface area contributed by atoms with Gasteiger partial charge in [-0.1, -0.05) is 22.0 Å². The fraction of sp³-hybridized carbons (Fsp3) is 0.500. The molecular weight excluding hydrogens is 332 g/mol. The number of nitrogens with zero attached hydrogens (tertiary/aromatic N) is 1. The van der Waals surface area contributed by atoms with Gasteiger partial charge in [-0.15, -0.1) is 0 Å². The number of likely N-dealkylation sites (tertiary alicyclic amines) is 1. The van der Waals surface area contributed by atoms with Gasteiger partial charge < -0.3 is 9.64 Å². The molecule has 1 unspecified atom stereocenters. The molecular formula is C14H16BrF2NO2. The van der Waals surface area contributed by atoms with Crippen LogP contribution in [0.15, 0.2) is 24.3 Å². The Morgan fingerprint density at radius 1 is 1.50 bits per heavy atom. The van der Waals surface area contributed by atoms with Gasteiger partial charge in [0.05, 0.1) is 0 Å². The van der Waals surface area contributed by atoms with Crippen LogP contribution in [-0.4, -0.2) is 35.8 Å².